The first kappa shape index (κ1) is 20.4. The average Bonchev–Trinajstić information content (AvgIpc) is 3.32. The number of aromatic nitrogens is 2. The average molecular weight is 426 g/mol. The second-order valence-electron chi connectivity index (χ2n) is 8.37. The minimum Gasteiger partial charge on any atom is -0.457 e. The number of carbonyl (C=O) groups excluding carboxylic acids is 1. The Hall–Kier alpha value is -2.86. The summed E-state index contributed by atoms with van der Waals surface area (Å²) in [6.07, 6.45) is 4.82. The molecular formula is C23H24ClN3O3. The lowest BCUT2D eigenvalue weighted by Gasteiger charge is -2.27. The number of hydrogen-bond acceptors (Lipinski definition) is 5. The zero-order valence-electron chi connectivity index (χ0n) is 17.3. The summed E-state index contributed by atoms with van der Waals surface area (Å²) in [7, 11) is 0. The van der Waals surface area contributed by atoms with Crippen LogP contribution in [0.4, 0.5) is 4.79 Å². The van der Waals surface area contributed by atoms with Crippen molar-refractivity contribution in [3.8, 4) is 11.3 Å². The van der Waals surface area contributed by atoms with Crippen LogP contribution in [-0.4, -0.2) is 33.1 Å². The molecule has 4 rings (SSSR count). The van der Waals surface area contributed by atoms with Crippen LogP contribution in [0.2, 0.25) is 5.15 Å². The smallest absolute Gasteiger partial charge is 0.410 e. The molecule has 0 spiro atoms. The van der Waals surface area contributed by atoms with Crippen molar-refractivity contribution < 1.29 is 13.9 Å². The van der Waals surface area contributed by atoms with Gasteiger partial charge in [0.25, 0.3) is 0 Å². The lowest BCUT2D eigenvalue weighted by atomic mass is 10.1. The number of likely N-dealkylation sites (tertiary alicyclic amines) is 1. The number of rotatable bonds is 3. The first-order valence-corrected chi connectivity index (χ1v) is 10.3. The minimum atomic E-state index is -0.547. The van der Waals surface area contributed by atoms with E-state index in [1.165, 1.54) is 0 Å². The molecular weight excluding hydrogens is 402 g/mol. The summed E-state index contributed by atoms with van der Waals surface area (Å²) in [5.41, 5.74) is 3.02. The Morgan fingerprint density at radius 1 is 1.37 bits per heavy atom. The summed E-state index contributed by atoms with van der Waals surface area (Å²) in [4.78, 5) is 23.2. The molecule has 6 nitrogen and oxygen atoms in total. The molecule has 7 heteroatoms. The van der Waals surface area contributed by atoms with Gasteiger partial charge in [0.2, 0.25) is 0 Å². The third kappa shape index (κ3) is 4.05. The standard InChI is InChI=1S/C23H24ClN3O3/c1-5-14-8-9-25-16(11-14)15-12-19-17(26-21(15)24)13-20(29-19)18-7-6-10-27(18)22(28)30-23(2,3)4/h5,8-9,11-13,18H,1,6-7,10H2,2-4H3/t18-/m1/s1. The number of pyridine rings is 2. The van der Waals surface area contributed by atoms with Gasteiger partial charge in [0.05, 0.1) is 11.7 Å². The van der Waals surface area contributed by atoms with Crippen LogP contribution < -0.4 is 0 Å². The molecule has 156 valence electrons. The van der Waals surface area contributed by atoms with Crippen molar-refractivity contribution in [3.05, 3.63) is 53.5 Å². The molecule has 1 amide bonds. The molecule has 1 fully saturated rings. The quantitative estimate of drug-likeness (QED) is 0.463. The highest BCUT2D eigenvalue weighted by Crippen LogP contribution is 2.37. The lowest BCUT2D eigenvalue weighted by Crippen LogP contribution is -2.36. The third-order valence-electron chi connectivity index (χ3n) is 4.98. The monoisotopic (exact) mass is 425 g/mol. The Labute approximate surface area is 180 Å². The van der Waals surface area contributed by atoms with Crippen LogP contribution in [-0.2, 0) is 4.74 Å². The van der Waals surface area contributed by atoms with E-state index in [4.69, 9.17) is 20.8 Å². The van der Waals surface area contributed by atoms with Gasteiger partial charge in [0.1, 0.15) is 22.0 Å². The summed E-state index contributed by atoms with van der Waals surface area (Å²) >= 11 is 6.45. The molecule has 1 saturated heterocycles. The minimum absolute atomic E-state index is 0.182. The molecule has 0 radical (unpaired) electrons. The summed E-state index contributed by atoms with van der Waals surface area (Å²) in [5.74, 6) is 0.682. The van der Waals surface area contributed by atoms with Gasteiger partial charge in [-0.1, -0.05) is 24.3 Å². The molecule has 30 heavy (non-hydrogen) atoms. The summed E-state index contributed by atoms with van der Waals surface area (Å²) < 4.78 is 11.7. The van der Waals surface area contributed by atoms with Crippen molar-refractivity contribution in [3.63, 3.8) is 0 Å². The van der Waals surface area contributed by atoms with Crippen molar-refractivity contribution in [1.29, 1.82) is 0 Å². The maximum absolute atomic E-state index is 12.6. The van der Waals surface area contributed by atoms with E-state index in [9.17, 15) is 4.79 Å². The maximum atomic E-state index is 12.6. The van der Waals surface area contributed by atoms with E-state index in [1.807, 2.05) is 45.0 Å². The molecule has 0 bridgehead atoms. The topological polar surface area (TPSA) is 68.5 Å². The molecule has 4 heterocycles. The Bertz CT molecular complexity index is 1120. The highest BCUT2D eigenvalue weighted by Gasteiger charge is 2.35. The van der Waals surface area contributed by atoms with E-state index < -0.39 is 5.60 Å². The number of nitrogens with zero attached hydrogens (tertiary/aromatic N) is 3. The van der Waals surface area contributed by atoms with Gasteiger partial charge in [-0.3, -0.25) is 9.88 Å². The van der Waals surface area contributed by atoms with Crippen LogP contribution in [0, 0.1) is 0 Å². The summed E-state index contributed by atoms with van der Waals surface area (Å²) in [5, 5.41) is 0.346. The number of ether oxygens (including phenoxy) is 1. The number of fused-ring (bicyclic) bond motifs is 1. The SMILES string of the molecule is C=Cc1ccnc(-c2cc3oc([C@H]4CCCN4C(=O)OC(C)(C)C)cc3nc2Cl)c1. The van der Waals surface area contributed by atoms with E-state index in [2.05, 4.69) is 16.5 Å². The molecule has 1 aliphatic rings. The first-order chi connectivity index (χ1) is 14.2. The van der Waals surface area contributed by atoms with Crippen LogP contribution in [0.1, 0.15) is 51.0 Å². The molecule has 0 saturated carbocycles. The molecule has 3 aromatic rings. The van der Waals surface area contributed by atoms with Gasteiger partial charge in [-0.15, -0.1) is 0 Å². The Kier molecular flexibility index (Phi) is 5.28. The fourth-order valence-electron chi connectivity index (χ4n) is 3.63. The second kappa shape index (κ2) is 7.76. The number of carbonyl (C=O) groups is 1. The van der Waals surface area contributed by atoms with Gasteiger partial charge in [-0.05, 0) is 57.4 Å². The number of furan rings is 1. The van der Waals surface area contributed by atoms with Crippen LogP contribution in [0.15, 0.2) is 41.5 Å². The van der Waals surface area contributed by atoms with Gasteiger partial charge in [0.15, 0.2) is 5.58 Å². The first-order valence-electron chi connectivity index (χ1n) is 9.93. The zero-order valence-corrected chi connectivity index (χ0v) is 18.1. The van der Waals surface area contributed by atoms with E-state index in [1.54, 1.807) is 17.2 Å². The number of hydrogen-bond donors (Lipinski definition) is 0. The largest absolute Gasteiger partial charge is 0.457 e. The zero-order chi connectivity index (χ0) is 21.5. The van der Waals surface area contributed by atoms with Crippen LogP contribution in [0.3, 0.4) is 0 Å². The summed E-state index contributed by atoms with van der Waals surface area (Å²) in [6.45, 7) is 10.0. The van der Waals surface area contributed by atoms with Gasteiger partial charge in [-0.25, -0.2) is 9.78 Å². The third-order valence-corrected chi connectivity index (χ3v) is 5.27. The fourth-order valence-corrected chi connectivity index (χ4v) is 3.87. The van der Waals surface area contributed by atoms with Crippen molar-refractivity contribution in [2.24, 2.45) is 0 Å². The predicted molar refractivity (Wildman–Crippen MR) is 117 cm³/mol. The normalized spacial score (nSPS) is 16.8. The van der Waals surface area contributed by atoms with Gasteiger partial charge in [0, 0.05) is 24.4 Å². The van der Waals surface area contributed by atoms with E-state index >= 15 is 0 Å². The highest BCUT2D eigenvalue weighted by atomic mass is 35.5. The Morgan fingerprint density at radius 3 is 2.90 bits per heavy atom. The molecule has 0 unspecified atom stereocenters. The van der Waals surface area contributed by atoms with E-state index in [0.717, 1.165) is 18.4 Å². The maximum Gasteiger partial charge on any atom is 0.410 e. The van der Waals surface area contributed by atoms with Crippen molar-refractivity contribution in [2.45, 2.75) is 45.3 Å². The van der Waals surface area contributed by atoms with Gasteiger partial charge < -0.3 is 9.15 Å². The highest BCUT2D eigenvalue weighted by molar-refractivity contribution is 6.32. The van der Waals surface area contributed by atoms with E-state index in [-0.39, 0.29) is 12.1 Å². The molecule has 0 aliphatic carbocycles. The van der Waals surface area contributed by atoms with Gasteiger partial charge in [-0.2, -0.15) is 0 Å². The predicted octanol–water partition coefficient (Wildman–Crippen LogP) is 6.26. The molecule has 0 N–H and O–H groups in total. The molecule has 3 aromatic heterocycles. The Balaban J connectivity index is 1.68. The van der Waals surface area contributed by atoms with Crippen molar-refractivity contribution in [2.75, 3.05) is 6.54 Å². The van der Waals surface area contributed by atoms with Crippen LogP contribution in [0.5, 0.6) is 0 Å². The van der Waals surface area contributed by atoms with Gasteiger partial charge >= 0.3 is 6.09 Å². The molecule has 1 atom stereocenters. The second-order valence-corrected chi connectivity index (χ2v) is 8.73. The molecule has 1 aliphatic heterocycles. The van der Waals surface area contributed by atoms with Crippen molar-refractivity contribution >= 4 is 34.9 Å². The lowest BCUT2D eigenvalue weighted by molar-refractivity contribution is 0.0209. The van der Waals surface area contributed by atoms with Crippen LogP contribution >= 0.6 is 11.6 Å². The summed E-state index contributed by atoms with van der Waals surface area (Å²) in [6, 6.07) is 7.28. The fraction of sp³-hybridized carbons (Fsp3) is 0.348. The number of halogens is 1. The Morgan fingerprint density at radius 2 is 2.17 bits per heavy atom. The van der Waals surface area contributed by atoms with Crippen molar-refractivity contribution in [1.82, 2.24) is 14.9 Å². The van der Waals surface area contributed by atoms with Crippen LogP contribution in [0.25, 0.3) is 28.4 Å². The molecule has 0 aromatic carbocycles. The van der Waals surface area contributed by atoms with E-state index in [0.29, 0.717) is 39.8 Å². The number of amides is 1.